The topological polar surface area (TPSA) is 43.4 Å². The first kappa shape index (κ1) is 20.5. The smallest absolute Gasteiger partial charge is 0.257 e. The summed E-state index contributed by atoms with van der Waals surface area (Å²) in [4.78, 5) is 0. The van der Waals surface area contributed by atoms with E-state index in [0.717, 1.165) is 19.1 Å². The average molecular weight is 322 g/mol. The van der Waals surface area contributed by atoms with Crippen molar-refractivity contribution in [3.05, 3.63) is 24.3 Å². The molecule has 0 aliphatic rings. The Bertz CT molecular complexity index is 549. The summed E-state index contributed by atoms with van der Waals surface area (Å²) in [6.07, 6.45) is 16.3. The van der Waals surface area contributed by atoms with Crippen molar-refractivity contribution in [3.63, 3.8) is 0 Å². The molecular formula is C18H26O3S. The van der Waals surface area contributed by atoms with Crippen molar-refractivity contribution in [2.45, 2.75) is 51.9 Å². The maximum atomic E-state index is 10.7. The monoisotopic (exact) mass is 322 g/mol. The quantitative estimate of drug-likeness (QED) is 0.280. The van der Waals surface area contributed by atoms with Crippen LogP contribution in [0, 0.1) is 23.7 Å². The number of rotatable bonds is 9. The minimum absolute atomic E-state index is 0.0862. The van der Waals surface area contributed by atoms with E-state index in [9.17, 15) is 8.42 Å². The summed E-state index contributed by atoms with van der Waals surface area (Å²) >= 11 is 0. The molecule has 22 heavy (non-hydrogen) atoms. The zero-order valence-corrected chi connectivity index (χ0v) is 14.4. The van der Waals surface area contributed by atoms with Crippen LogP contribution in [0.15, 0.2) is 24.3 Å². The Morgan fingerprint density at radius 3 is 1.95 bits per heavy atom. The number of hydrogen-bond acceptors (Lipinski definition) is 3. The second-order valence-electron chi connectivity index (χ2n) is 4.72. The minimum Gasteiger partial charge on any atom is -0.257 e. The zero-order chi connectivity index (χ0) is 16.5. The van der Waals surface area contributed by atoms with E-state index in [2.05, 4.69) is 46.9 Å². The summed E-state index contributed by atoms with van der Waals surface area (Å²) in [6, 6.07) is 0. The minimum atomic E-state index is -3.39. The summed E-state index contributed by atoms with van der Waals surface area (Å²) in [5.41, 5.74) is 0. The van der Waals surface area contributed by atoms with Crippen LogP contribution >= 0.6 is 0 Å². The van der Waals surface area contributed by atoms with Crippen molar-refractivity contribution in [1.82, 2.24) is 0 Å². The predicted octanol–water partition coefficient (Wildman–Crippen LogP) is 3.83. The highest BCUT2D eigenvalue weighted by Crippen LogP contribution is 1.99. The largest absolute Gasteiger partial charge is 0.265 e. The van der Waals surface area contributed by atoms with Crippen LogP contribution in [0.2, 0.25) is 0 Å². The van der Waals surface area contributed by atoms with Gasteiger partial charge in [-0.25, -0.2) is 0 Å². The third kappa shape index (κ3) is 18.5. The number of unbranched alkanes of at least 4 members (excludes halogenated alkanes) is 3. The predicted molar refractivity (Wildman–Crippen MR) is 92.6 cm³/mol. The van der Waals surface area contributed by atoms with Crippen molar-refractivity contribution >= 4 is 10.1 Å². The third-order valence-electron chi connectivity index (χ3n) is 2.56. The van der Waals surface area contributed by atoms with Gasteiger partial charge >= 0.3 is 0 Å². The maximum absolute atomic E-state index is 10.7. The van der Waals surface area contributed by atoms with Crippen LogP contribution in [0.25, 0.3) is 0 Å². The molecule has 3 nitrogen and oxygen atoms in total. The van der Waals surface area contributed by atoms with Crippen LogP contribution in [0.3, 0.4) is 0 Å². The first-order chi connectivity index (χ1) is 10.6. The van der Waals surface area contributed by atoms with Gasteiger partial charge < -0.3 is 0 Å². The van der Waals surface area contributed by atoms with Gasteiger partial charge in [-0.05, 0) is 12.8 Å². The van der Waals surface area contributed by atoms with E-state index in [1.165, 1.54) is 19.3 Å². The maximum Gasteiger partial charge on any atom is 0.265 e. The summed E-state index contributed by atoms with van der Waals surface area (Å²) < 4.78 is 25.8. The third-order valence-corrected chi connectivity index (χ3v) is 3.11. The van der Waals surface area contributed by atoms with Crippen LogP contribution in [-0.2, 0) is 14.3 Å². The van der Waals surface area contributed by atoms with Crippen LogP contribution < -0.4 is 0 Å². The van der Waals surface area contributed by atoms with Gasteiger partial charge in [0.2, 0.25) is 0 Å². The molecule has 0 N–H and O–H groups in total. The Balaban J connectivity index is 3.59. The van der Waals surface area contributed by atoms with Crippen molar-refractivity contribution < 1.29 is 12.6 Å². The first-order valence-electron chi connectivity index (χ1n) is 7.62. The van der Waals surface area contributed by atoms with E-state index in [4.69, 9.17) is 0 Å². The molecule has 0 unspecified atom stereocenters. The molecule has 0 aromatic heterocycles. The SMILES string of the molecule is CCCCC/C=C\CC#CC/C=C\CC#CCOS(C)(=O)=O. The van der Waals surface area contributed by atoms with Crippen molar-refractivity contribution in [2.24, 2.45) is 0 Å². The van der Waals surface area contributed by atoms with Crippen molar-refractivity contribution in [3.8, 4) is 23.7 Å². The highest BCUT2D eigenvalue weighted by atomic mass is 32.2. The Labute approximate surface area is 136 Å². The Hall–Kier alpha value is -1.49. The lowest BCUT2D eigenvalue weighted by Gasteiger charge is -1.91. The standard InChI is InChI=1S/C18H26O3S/c1-3-4-5-6-7-8-9-10-11-12-13-14-15-16-17-18-21-22(2,19)20/h7-8,13-14H,3-6,9,12,15,18H2,1-2H3/b8-7-,14-13-. The molecule has 0 bridgehead atoms. The van der Waals surface area contributed by atoms with Gasteiger partial charge in [0.1, 0.15) is 6.61 Å². The summed E-state index contributed by atoms with van der Waals surface area (Å²) in [6.45, 7) is 2.12. The molecule has 0 aromatic carbocycles. The fourth-order valence-corrected chi connectivity index (χ4v) is 1.73. The summed E-state index contributed by atoms with van der Waals surface area (Å²) in [5, 5.41) is 0. The van der Waals surface area contributed by atoms with Gasteiger partial charge in [0.25, 0.3) is 10.1 Å². The lowest BCUT2D eigenvalue weighted by atomic mass is 10.2. The van der Waals surface area contributed by atoms with Gasteiger partial charge in [-0.15, -0.1) is 0 Å². The highest BCUT2D eigenvalue weighted by molar-refractivity contribution is 7.85. The van der Waals surface area contributed by atoms with Crippen LogP contribution in [0.4, 0.5) is 0 Å². The fourth-order valence-electron chi connectivity index (χ4n) is 1.46. The molecule has 0 aliphatic carbocycles. The van der Waals surface area contributed by atoms with Crippen molar-refractivity contribution in [2.75, 3.05) is 12.9 Å². The molecule has 0 amide bonds. The molecule has 0 aliphatic heterocycles. The normalized spacial score (nSPS) is 11.2. The molecule has 0 fully saturated rings. The molecule has 0 radical (unpaired) electrons. The van der Waals surface area contributed by atoms with Gasteiger partial charge in [-0.1, -0.05) is 67.8 Å². The van der Waals surface area contributed by atoms with E-state index in [-0.39, 0.29) is 6.61 Å². The van der Waals surface area contributed by atoms with Crippen LogP contribution in [0.1, 0.15) is 51.9 Å². The van der Waals surface area contributed by atoms with Crippen LogP contribution in [0.5, 0.6) is 0 Å². The molecule has 0 atom stereocenters. The lowest BCUT2D eigenvalue weighted by Crippen LogP contribution is -2.02. The van der Waals surface area contributed by atoms with E-state index in [1.54, 1.807) is 0 Å². The Morgan fingerprint density at radius 1 is 0.864 bits per heavy atom. The molecule has 0 heterocycles. The van der Waals surface area contributed by atoms with E-state index >= 15 is 0 Å². The molecule has 0 saturated carbocycles. The molecule has 0 aromatic rings. The molecule has 0 rings (SSSR count). The Morgan fingerprint density at radius 2 is 1.41 bits per heavy atom. The average Bonchev–Trinajstić information content (AvgIpc) is 2.45. The fraction of sp³-hybridized carbons (Fsp3) is 0.556. The number of hydrogen-bond donors (Lipinski definition) is 0. The molecule has 4 heteroatoms. The lowest BCUT2D eigenvalue weighted by molar-refractivity contribution is 0.368. The van der Waals surface area contributed by atoms with Crippen molar-refractivity contribution in [1.29, 1.82) is 0 Å². The molecular weight excluding hydrogens is 296 g/mol. The van der Waals surface area contributed by atoms with E-state index in [1.807, 2.05) is 12.2 Å². The summed E-state index contributed by atoms with van der Waals surface area (Å²) in [7, 11) is -3.39. The van der Waals surface area contributed by atoms with Gasteiger partial charge in [0.15, 0.2) is 0 Å². The van der Waals surface area contributed by atoms with Gasteiger partial charge in [0.05, 0.1) is 6.26 Å². The van der Waals surface area contributed by atoms with E-state index < -0.39 is 10.1 Å². The second kappa shape index (κ2) is 14.4. The Kier molecular flexibility index (Phi) is 13.5. The molecule has 122 valence electrons. The van der Waals surface area contributed by atoms with Gasteiger partial charge in [-0.3, -0.25) is 4.18 Å². The second-order valence-corrected chi connectivity index (χ2v) is 6.37. The molecule has 0 saturated heterocycles. The van der Waals surface area contributed by atoms with E-state index in [0.29, 0.717) is 12.8 Å². The number of allylic oxidation sites excluding steroid dienone is 4. The first-order valence-corrected chi connectivity index (χ1v) is 9.43. The summed E-state index contributed by atoms with van der Waals surface area (Å²) in [5.74, 6) is 11.6. The van der Waals surface area contributed by atoms with Crippen LogP contribution in [-0.4, -0.2) is 21.3 Å². The zero-order valence-electron chi connectivity index (χ0n) is 13.6. The highest BCUT2D eigenvalue weighted by Gasteiger charge is 1.96. The van der Waals surface area contributed by atoms with Gasteiger partial charge in [-0.2, -0.15) is 8.42 Å². The van der Waals surface area contributed by atoms with Gasteiger partial charge in [0, 0.05) is 19.3 Å². The molecule has 0 spiro atoms.